The summed E-state index contributed by atoms with van der Waals surface area (Å²) >= 11 is 7.02. The molecule has 13 heavy (non-hydrogen) atoms. The minimum atomic E-state index is -4.16. The van der Waals surface area contributed by atoms with Gasteiger partial charge in [-0.2, -0.15) is 13.2 Å². The van der Waals surface area contributed by atoms with E-state index in [4.69, 9.17) is 11.6 Å². The fraction of sp³-hybridized carbons (Fsp3) is 0.429. The van der Waals surface area contributed by atoms with E-state index in [-0.39, 0.29) is 6.54 Å². The van der Waals surface area contributed by atoms with Gasteiger partial charge in [0.1, 0.15) is 0 Å². The third-order valence-electron chi connectivity index (χ3n) is 1.30. The molecule has 74 valence electrons. The molecule has 1 aromatic rings. The number of hydrogen-bond acceptors (Lipinski definition) is 2. The first kappa shape index (κ1) is 10.8. The SMILES string of the molecule is FC(F)(F)CNCc1sccc1Cl. The van der Waals surface area contributed by atoms with Gasteiger partial charge >= 0.3 is 6.18 Å². The van der Waals surface area contributed by atoms with Crippen molar-refractivity contribution in [3.05, 3.63) is 21.3 Å². The Balaban J connectivity index is 2.32. The van der Waals surface area contributed by atoms with Crippen molar-refractivity contribution in [2.75, 3.05) is 6.54 Å². The molecule has 1 heterocycles. The van der Waals surface area contributed by atoms with E-state index in [0.29, 0.717) is 5.02 Å². The normalized spacial score (nSPS) is 12.0. The van der Waals surface area contributed by atoms with Gasteiger partial charge in [0.25, 0.3) is 0 Å². The molecule has 0 unspecified atom stereocenters. The summed E-state index contributed by atoms with van der Waals surface area (Å²) in [6, 6.07) is 1.66. The second-order valence-corrected chi connectivity index (χ2v) is 3.82. The molecule has 1 N–H and O–H groups in total. The Morgan fingerprint density at radius 1 is 1.46 bits per heavy atom. The smallest absolute Gasteiger partial charge is 0.304 e. The fourth-order valence-electron chi connectivity index (χ4n) is 0.769. The van der Waals surface area contributed by atoms with Crippen molar-refractivity contribution in [2.24, 2.45) is 0 Å². The first-order chi connectivity index (χ1) is 5.99. The van der Waals surface area contributed by atoms with Crippen LogP contribution in [-0.2, 0) is 6.54 Å². The summed E-state index contributed by atoms with van der Waals surface area (Å²) in [5, 5.41) is 4.53. The number of rotatable bonds is 3. The molecule has 0 aromatic carbocycles. The molecule has 0 aliphatic heterocycles. The second-order valence-electron chi connectivity index (χ2n) is 2.41. The van der Waals surface area contributed by atoms with Crippen LogP contribution in [0.1, 0.15) is 4.88 Å². The Kier molecular flexibility index (Phi) is 3.58. The highest BCUT2D eigenvalue weighted by Crippen LogP contribution is 2.22. The highest BCUT2D eigenvalue weighted by Gasteiger charge is 2.26. The fourth-order valence-corrected chi connectivity index (χ4v) is 1.84. The first-order valence-corrected chi connectivity index (χ1v) is 4.74. The van der Waals surface area contributed by atoms with E-state index in [2.05, 4.69) is 5.32 Å². The van der Waals surface area contributed by atoms with E-state index in [1.165, 1.54) is 11.3 Å². The van der Waals surface area contributed by atoms with Gasteiger partial charge in [0.15, 0.2) is 0 Å². The number of hydrogen-bond donors (Lipinski definition) is 1. The predicted octanol–water partition coefficient (Wildman–Crippen LogP) is 3.05. The molecule has 0 bridgehead atoms. The van der Waals surface area contributed by atoms with Crippen LogP contribution < -0.4 is 5.32 Å². The first-order valence-electron chi connectivity index (χ1n) is 3.48. The highest BCUT2D eigenvalue weighted by molar-refractivity contribution is 7.10. The van der Waals surface area contributed by atoms with Crippen molar-refractivity contribution in [2.45, 2.75) is 12.7 Å². The maximum Gasteiger partial charge on any atom is 0.401 e. The molecule has 0 radical (unpaired) electrons. The second kappa shape index (κ2) is 4.30. The van der Waals surface area contributed by atoms with E-state index in [1.54, 1.807) is 11.4 Å². The summed E-state index contributed by atoms with van der Waals surface area (Å²) in [6.07, 6.45) is -4.16. The van der Waals surface area contributed by atoms with E-state index in [9.17, 15) is 13.2 Å². The van der Waals surface area contributed by atoms with Gasteiger partial charge in [-0.1, -0.05) is 11.6 Å². The number of alkyl halides is 3. The summed E-state index contributed by atoms with van der Waals surface area (Å²) in [6.45, 7) is -0.822. The summed E-state index contributed by atoms with van der Waals surface area (Å²) in [5.41, 5.74) is 0. The van der Waals surface area contributed by atoms with Gasteiger partial charge in [-0.15, -0.1) is 11.3 Å². The van der Waals surface area contributed by atoms with Gasteiger partial charge in [0, 0.05) is 11.4 Å². The molecule has 0 aliphatic rings. The molecular formula is C7H7ClF3NS. The Morgan fingerprint density at radius 3 is 2.62 bits per heavy atom. The zero-order valence-corrected chi connectivity index (χ0v) is 8.06. The van der Waals surface area contributed by atoms with E-state index in [0.717, 1.165) is 4.88 Å². The quantitative estimate of drug-likeness (QED) is 0.840. The Morgan fingerprint density at radius 2 is 2.15 bits per heavy atom. The van der Waals surface area contributed by atoms with Crippen molar-refractivity contribution in [3.8, 4) is 0 Å². The van der Waals surface area contributed by atoms with Crippen molar-refractivity contribution < 1.29 is 13.2 Å². The summed E-state index contributed by atoms with van der Waals surface area (Å²) in [7, 11) is 0. The third-order valence-corrected chi connectivity index (χ3v) is 2.69. The lowest BCUT2D eigenvalue weighted by Crippen LogP contribution is -2.28. The summed E-state index contributed by atoms with van der Waals surface area (Å²) in [4.78, 5) is 0.728. The van der Waals surface area contributed by atoms with Crippen LogP contribution in [0.15, 0.2) is 11.4 Å². The minimum absolute atomic E-state index is 0.163. The van der Waals surface area contributed by atoms with Gasteiger partial charge in [-0.25, -0.2) is 0 Å². The van der Waals surface area contributed by atoms with Crippen LogP contribution >= 0.6 is 22.9 Å². The van der Waals surface area contributed by atoms with E-state index >= 15 is 0 Å². The summed E-state index contributed by atoms with van der Waals surface area (Å²) in [5.74, 6) is 0. The average Bonchev–Trinajstić information content (AvgIpc) is 2.34. The van der Waals surface area contributed by atoms with Crippen molar-refractivity contribution in [1.82, 2.24) is 5.32 Å². The molecular weight excluding hydrogens is 223 g/mol. The van der Waals surface area contributed by atoms with Crippen LogP contribution in [0.3, 0.4) is 0 Å². The third kappa shape index (κ3) is 3.97. The zero-order valence-electron chi connectivity index (χ0n) is 6.49. The van der Waals surface area contributed by atoms with Crippen molar-refractivity contribution in [1.29, 1.82) is 0 Å². The van der Waals surface area contributed by atoms with Gasteiger partial charge in [0.05, 0.1) is 11.6 Å². The lowest BCUT2D eigenvalue weighted by molar-refractivity contribution is -0.125. The van der Waals surface area contributed by atoms with Crippen LogP contribution in [0.25, 0.3) is 0 Å². The molecule has 0 atom stereocenters. The zero-order chi connectivity index (χ0) is 9.90. The molecule has 0 amide bonds. The maximum absolute atomic E-state index is 11.7. The monoisotopic (exact) mass is 229 g/mol. The molecule has 0 fully saturated rings. The molecule has 0 saturated carbocycles. The summed E-state index contributed by atoms with van der Waals surface area (Å²) < 4.78 is 35.1. The largest absolute Gasteiger partial charge is 0.401 e. The van der Waals surface area contributed by atoms with Gasteiger partial charge in [-0.3, -0.25) is 0 Å². The molecule has 0 saturated heterocycles. The number of nitrogens with one attached hydrogen (secondary N) is 1. The molecule has 1 nitrogen and oxygen atoms in total. The van der Waals surface area contributed by atoms with Gasteiger partial charge in [-0.05, 0) is 11.4 Å². The Labute approximate surface area is 82.5 Å². The van der Waals surface area contributed by atoms with Crippen LogP contribution in [0, 0.1) is 0 Å². The standard InChI is InChI=1S/C7H7ClF3NS/c8-5-1-2-13-6(5)3-12-4-7(9,10)11/h1-2,12H,3-4H2. The number of halogens is 4. The lowest BCUT2D eigenvalue weighted by atomic mass is 10.4. The minimum Gasteiger partial charge on any atom is -0.304 e. The van der Waals surface area contributed by atoms with Crippen molar-refractivity contribution in [3.63, 3.8) is 0 Å². The van der Waals surface area contributed by atoms with Crippen LogP contribution in [0.5, 0.6) is 0 Å². The highest BCUT2D eigenvalue weighted by atomic mass is 35.5. The molecule has 1 rings (SSSR count). The topological polar surface area (TPSA) is 12.0 Å². The number of thiophene rings is 1. The average molecular weight is 230 g/mol. The van der Waals surface area contributed by atoms with E-state index < -0.39 is 12.7 Å². The molecule has 0 spiro atoms. The van der Waals surface area contributed by atoms with Gasteiger partial charge in [0.2, 0.25) is 0 Å². The Bertz CT molecular complexity index is 271. The van der Waals surface area contributed by atoms with Gasteiger partial charge < -0.3 is 5.32 Å². The van der Waals surface area contributed by atoms with Crippen molar-refractivity contribution >= 4 is 22.9 Å². The molecule has 1 aromatic heterocycles. The van der Waals surface area contributed by atoms with Crippen LogP contribution in [0.2, 0.25) is 5.02 Å². The Hall–Kier alpha value is -0.260. The van der Waals surface area contributed by atoms with E-state index in [1.807, 2.05) is 0 Å². The van der Waals surface area contributed by atoms with Crippen LogP contribution in [-0.4, -0.2) is 12.7 Å². The molecule has 6 heteroatoms. The lowest BCUT2D eigenvalue weighted by Gasteiger charge is -2.06. The maximum atomic E-state index is 11.7. The van der Waals surface area contributed by atoms with Crippen LogP contribution in [0.4, 0.5) is 13.2 Å². The predicted molar refractivity (Wildman–Crippen MR) is 47.1 cm³/mol. The molecule has 0 aliphatic carbocycles.